The van der Waals surface area contributed by atoms with E-state index in [1.807, 2.05) is 0 Å². The Morgan fingerprint density at radius 2 is 2.12 bits per heavy atom. The van der Waals surface area contributed by atoms with E-state index in [0.29, 0.717) is 0 Å². The fraction of sp³-hybridized carbons (Fsp3) is 0.692. The molecule has 0 spiro atoms. The first-order chi connectivity index (χ1) is 8.35. The molecule has 0 amide bonds. The molecule has 4 nitrogen and oxygen atoms in total. The van der Waals surface area contributed by atoms with Crippen LogP contribution in [0, 0.1) is 0 Å². The van der Waals surface area contributed by atoms with Gasteiger partial charge in [0.1, 0.15) is 5.82 Å². The molecule has 94 valence electrons. The molecule has 1 aliphatic rings. The molecule has 4 heteroatoms. The number of hydrogen-bond acceptors (Lipinski definition) is 4. The van der Waals surface area contributed by atoms with E-state index in [9.17, 15) is 0 Å². The minimum Gasteiger partial charge on any atom is -0.385 e. The normalized spacial score (nSPS) is 14.0. The van der Waals surface area contributed by atoms with Crippen LogP contribution < -0.4 is 5.32 Å². The molecular weight excluding hydrogens is 214 g/mol. The smallest absolute Gasteiger partial charge is 0.129 e. The zero-order valence-corrected chi connectivity index (χ0v) is 10.8. The van der Waals surface area contributed by atoms with Gasteiger partial charge in [-0.05, 0) is 12.8 Å². The number of hydrogen-bond donors (Lipinski definition) is 1. The van der Waals surface area contributed by atoms with Crippen LogP contribution >= 0.6 is 0 Å². The number of fused-ring (bicyclic) bond motifs is 1. The maximum absolute atomic E-state index is 5.07. The first-order valence-electron chi connectivity index (χ1n) is 6.42. The number of nitrogens with one attached hydrogen (secondary N) is 1. The summed E-state index contributed by atoms with van der Waals surface area (Å²) in [5.74, 6) is 0.980. The third kappa shape index (κ3) is 3.01. The van der Waals surface area contributed by atoms with Crippen LogP contribution in [0.15, 0.2) is 0 Å². The van der Waals surface area contributed by atoms with Gasteiger partial charge in [-0.25, -0.2) is 9.97 Å². The van der Waals surface area contributed by atoms with Crippen LogP contribution in [0.1, 0.15) is 42.5 Å². The molecule has 0 saturated carbocycles. The van der Waals surface area contributed by atoms with Crippen molar-refractivity contribution in [2.75, 3.05) is 13.7 Å². The second kappa shape index (κ2) is 6.07. The van der Waals surface area contributed by atoms with Crippen molar-refractivity contribution >= 4 is 0 Å². The Balaban J connectivity index is 2.14. The van der Waals surface area contributed by atoms with Crippen LogP contribution in [0.3, 0.4) is 0 Å². The van der Waals surface area contributed by atoms with Crippen LogP contribution in [-0.2, 0) is 30.7 Å². The standard InChI is InChI=1S/C13H21N3O/c1-3-5-11-10-8-14-9-12(10)16-13(15-11)6-4-7-17-2/h14H,3-9H2,1-2H3. The van der Waals surface area contributed by atoms with Crippen molar-refractivity contribution in [1.82, 2.24) is 15.3 Å². The predicted octanol–water partition coefficient (Wildman–Crippen LogP) is 1.61. The van der Waals surface area contributed by atoms with E-state index >= 15 is 0 Å². The summed E-state index contributed by atoms with van der Waals surface area (Å²) in [6.07, 6.45) is 4.11. The van der Waals surface area contributed by atoms with Gasteiger partial charge in [0.05, 0.1) is 5.69 Å². The van der Waals surface area contributed by atoms with Gasteiger partial charge in [-0.1, -0.05) is 13.3 Å². The molecule has 0 radical (unpaired) electrons. The Kier molecular flexibility index (Phi) is 4.45. The first-order valence-corrected chi connectivity index (χ1v) is 6.42. The molecule has 2 rings (SSSR count). The molecule has 0 aromatic carbocycles. The summed E-state index contributed by atoms with van der Waals surface area (Å²) in [6.45, 7) is 4.80. The zero-order chi connectivity index (χ0) is 12.1. The maximum Gasteiger partial charge on any atom is 0.129 e. The fourth-order valence-electron chi connectivity index (χ4n) is 2.22. The van der Waals surface area contributed by atoms with Crippen molar-refractivity contribution in [3.63, 3.8) is 0 Å². The number of nitrogens with zero attached hydrogens (tertiary/aromatic N) is 2. The van der Waals surface area contributed by atoms with Crippen molar-refractivity contribution in [2.24, 2.45) is 0 Å². The summed E-state index contributed by atoms with van der Waals surface area (Å²) >= 11 is 0. The third-order valence-electron chi connectivity index (χ3n) is 3.05. The van der Waals surface area contributed by atoms with Crippen molar-refractivity contribution in [2.45, 2.75) is 45.7 Å². The van der Waals surface area contributed by atoms with Crippen molar-refractivity contribution in [3.05, 3.63) is 22.8 Å². The maximum atomic E-state index is 5.07. The molecule has 0 bridgehead atoms. The van der Waals surface area contributed by atoms with Crippen LogP contribution in [-0.4, -0.2) is 23.7 Å². The van der Waals surface area contributed by atoms with Crippen LogP contribution in [0.2, 0.25) is 0 Å². The van der Waals surface area contributed by atoms with Gasteiger partial charge in [0.15, 0.2) is 0 Å². The molecule has 1 aromatic heterocycles. The highest BCUT2D eigenvalue weighted by molar-refractivity contribution is 5.29. The molecule has 1 aliphatic heterocycles. The van der Waals surface area contributed by atoms with Gasteiger partial charge in [-0.15, -0.1) is 0 Å². The summed E-state index contributed by atoms with van der Waals surface area (Å²) in [7, 11) is 1.73. The number of aromatic nitrogens is 2. The van der Waals surface area contributed by atoms with Crippen LogP contribution in [0.25, 0.3) is 0 Å². The average molecular weight is 235 g/mol. The molecule has 0 atom stereocenters. The van der Waals surface area contributed by atoms with Crippen molar-refractivity contribution in [1.29, 1.82) is 0 Å². The molecular formula is C13H21N3O. The van der Waals surface area contributed by atoms with Crippen LogP contribution in [0.4, 0.5) is 0 Å². The summed E-state index contributed by atoms with van der Waals surface area (Å²) in [5, 5.41) is 3.35. The topological polar surface area (TPSA) is 47.0 Å². The monoisotopic (exact) mass is 235 g/mol. The van der Waals surface area contributed by atoms with Crippen molar-refractivity contribution < 1.29 is 4.74 Å². The van der Waals surface area contributed by atoms with E-state index in [1.165, 1.54) is 17.0 Å². The van der Waals surface area contributed by atoms with E-state index in [0.717, 1.165) is 51.2 Å². The summed E-state index contributed by atoms with van der Waals surface area (Å²) < 4.78 is 5.07. The first kappa shape index (κ1) is 12.5. The quantitative estimate of drug-likeness (QED) is 0.761. The Morgan fingerprint density at radius 1 is 1.24 bits per heavy atom. The molecule has 2 heterocycles. The summed E-state index contributed by atoms with van der Waals surface area (Å²) in [4.78, 5) is 9.34. The Hall–Kier alpha value is -1.00. The Bertz CT molecular complexity index is 379. The lowest BCUT2D eigenvalue weighted by Gasteiger charge is -2.08. The molecule has 1 N–H and O–H groups in total. The highest BCUT2D eigenvalue weighted by Gasteiger charge is 2.17. The number of aryl methyl sites for hydroxylation is 2. The van der Waals surface area contributed by atoms with E-state index in [1.54, 1.807) is 7.11 Å². The molecule has 0 fully saturated rings. The minimum atomic E-state index is 0.780. The third-order valence-corrected chi connectivity index (χ3v) is 3.05. The van der Waals surface area contributed by atoms with Crippen LogP contribution in [0.5, 0.6) is 0 Å². The summed E-state index contributed by atoms with van der Waals surface area (Å²) in [5.41, 5.74) is 3.79. The molecule has 0 aliphatic carbocycles. The molecule has 1 aromatic rings. The second-order valence-corrected chi connectivity index (χ2v) is 4.46. The number of methoxy groups -OCH3 is 1. The van der Waals surface area contributed by atoms with E-state index < -0.39 is 0 Å². The Morgan fingerprint density at radius 3 is 2.88 bits per heavy atom. The highest BCUT2D eigenvalue weighted by Crippen LogP contribution is 2.18. The molecule has 0 saturated heterocycles. The number of ether oxygens (including phenoxy) is 1. The zero-order valence-electron chi connectivity index (χ0n) is 10.8. The van der Waals surface area contributed by atoms with Crippen molar-refractivity contribution in [3.8, 4) is 0 Å². The lowest BCUT2D eigenvalue weighted by molar-refractivity contribution is 0.194. The number of rotatable bonds is 6. The lowest BCUT2D eigenvalue weighted by Crippen LogP contribution is -2.07. The van der Waals surface area contributed by atoms with Gasteiger partial charge in [0.25, 0.3) is 0 Å². The van der Waals surface area contributed by atoms with Gasteiger partial charge in [-0.3, -0.25) is 0 Å². The predicted molar refractivity (Wildman–Crippen MR) is 66.8 cm³/mol. The highest BCUT2D eigenvalue weighted by atomic mass is 16.5. The van der Waals surface area contributed by atoms with Gasteiger partial charge in [0, 0.05) is 44.5 Å². The van der Waals surface area contributed by atoms with E-state index in [-0.39, 0.29) is 0 Å². The minimum absolute atomic E-state index is 0.780. The van der Waals surface area contributed by atoms with Gasteiger partial charge in [-0.2, -0.15) is 0 Å². The van der Waals surface area contributed by atoms with E-state index in [2.05, 4.69) is 17.2 Å². The average Bonchev–Trinajstić information content (AvgIpc) is 2.78. The summed E-state index contributed by atoms with van der Waals surface area (Å²) in [6, 6.07) is 0. The fourth-order valence-corrected chi connectivity index (χ4v) is 2.22. The second-order valence-electron chi connectivity index (χ2n) is 4.46. The SMILES string of the molecule is CCCc1nc(CCCOC)nc2c1CNC2. The van der Waals surface area contributed by atoms with Gasteiger partial charge >= 0.3 is 0 Å². The molecule has 17 heavy (non-hydrogen) atoms. The van der Waals surface area contributed by atoms with E-state index in [4.69, 9.17) is 9.72 Å². The van der Waals surface area contributed by atoms with Gasteiger partial charge < -0.3 is 10.1 Å². The lowest BCUT2D eigenvalue weighted by atomic mass is 10.1. The molecule has 0 unspecified atom stereocenters. The largest absolute Gasteiger partial charge is 0.385 e. The Labute approximate surface area is 103 Å². The van der Waals surface area contributed by atoms with Gasteiger partial charge in [0.2, 0.25) is 0 Å².